The highest BCUT2D eigenvalue weighted by Crippen LogP contribution is 2.13. The van der Waals surface area contributed by atoms with E-state index >= 15 is 0 Å². The van der Waals surface area contributed by atoms with Gasteiger partial charge in [0.25, 0.3) is 0 Å². The van der Waals surface area contributed by atoms with Gasteiger partial charge in [0.2, 0.25) is 11.8 Å². The normalized spacial score (nSPS) is 12.6. The molecule has 0 heterocycles. The number of nitrogens with two attached hydrogens (primary N) is 1. The second-order valence-electron chi connectivity index (χ2n) is 9.78. The number of carboxylic acid groups (broad SMARTS) is 2. The van der Waals surface area contributed by atoms with Gasteiger partial charge in [-0.05, 0) is 32.1 Å². The highest BCUT2D eigenvalue weighted by molar-refractivity contribution is 5.84. The molecule has 2 unspecified atom stereocenters. The van der Waals surface area contributed by atoms with Gasteiger partial charge in [0.15, 0.2) is 0 Å². The predicted octanol–water partition coefficient (Wildman–Crippen LogP) is 4.52. The van der Waals surface area contributed by atoms with Crippen LogP contribution in [0.3, 0.4) is 0 Å². The first-order valence-electron chi connectivity index (χ1n) is 14.0. The molecular formula is C27H51N3O6. The molecule has 0 saturated heterocycles. The van der Waals surface area contributed by atoms with Crippen molar-refractivity contribution < 1.29 is 29.4 Å². The van der Waals surface area contributed by atoms with E-state index in [-0.39, 0.29) is 24.7 Å². The van der Waals surface area contributed by atoms with Crippen LogP contribution in [0, 0.1) is 0 Å². The van der Waals surface area contributed by atoms with Crippen molar-refractivity contribution in [3.63, 3.8) is 0 Å². The first kappa shape index (κ1) is 33.8. The molecule has 210 valence electrons. The highest BCUT2D eigenvalue weighted by Gasteiger charge is 2.20. The van der Waals surface area contributed by atoms with Crippen LogP contribution >= 0.6 is 0 Å². The lowest BCUT2D eigenvalue weighted by atomic mass is 10.0. The van der Waals surface area contributed by atoms with Gasteiger partial charge in [-0.2, -0.15) is 0 Å². The van der Waals surface area contributed by atoms with E-state index in [2.05, 4.69) is 17.6 Å². The van der Waals surface area contributed by atoms with E-state index in [1.54, 1.807) is 0 Å². The van der Waals surface area contributed by atoms with Crippen LogP contribution < -0.4 is 16.4 Å². The first-order chi connectivity index (χ1) is 17.3. The molecule has 0 spiro atoms. The van der Waals surface area contributed by atoms with Crippen LogP contribution in [0.25, 0.3) is 0 Å². The van der Waals surface area contributed by atoms with Crippen LogP contribution in [0.4, 0.5) is 0 Å². The summed E-state index contributed by atoms with van der Waals surface area (Å²) in [5.41, 5.74) is 5.42. The fraction of sp³-hybridized carbons (Fsp3) is 0.852. The highest BCUT2D eigenvalue weighted by atomic mass is 16.4. The molecule has 2 atom stereocenters. The molecular weight excluding hydrogens is 462 g/mol. The summed E-state index contributed by atoms with van der Waals surface area (Å²) >= 11 is 0. The average Bonchev–Trinajstić information content (AvgIpc) is 2.83. The monoisotopic (exact) mass is 513 g/mol. The molecule has 2 amide bonds. The number of hydrogen-bond donors (Lipinski definition) is 5. The summed E-state index contributed by atoms with van der Waals surface area (Å²) in [6, 6.07) is -1.99. The van der Waals surface area contributed by atoms with Crippen molar-refractivity contribution in [2.75, 3.05) is 6.54 Å². The van der Waals surface area contributed by atoms with E-state index < -0.39 is 24.0 Å². The lowest BCUT2D eigenvalue weighted by Gasteiger charge is -2.14. The summed E-state index contributed by atoms with van der Waals surface area (Å²) in [6.07, 6.45) is 17.6. The predicted molar refractivity (Wildman–Crippen MR) is 142 cm³/mol. The third kappa shape index (κ3) is 21.1. The number of rotatable bonds is 25. The van der Waals surface area contributed by atoms with Crippen LogP contribution in [0.2, 0.25) is 0 Å². The number of carboxylic acids is 2. The Balaban J connectivity index is 3.78. The fourth-order valence-electron chi connectivity index (χ4n) is 4.03. The Morgan fingerprint density at radius 3 is 1.67 bits per heavy atom. The topological polar surface area (TPSA) is 159 Å². The maximum atomic E-state index is 12.1. The quantitative estimate of drug-likeness (QED) is 0.112. The van der Waals surface area contributed by atoms with E-state index in [9.17, 15) is 24.3 Å². The largest absolute Gasteiger partial charge is 0.480 e. The zero-order chi connectivity index (χ0) is 27.0. The molecule has 9 heteroatoms. The zero-order valence-electron chi connectivity index (χ0n) is 22.4. The SMILES string of the molecule is CCCCCCCCCCCCCCCC(=O)NC(CCC(=O)NCCCCC(N)C(=O)O)C(=O)O. The molecule has 0 fully saturated rings. The van der Waals surface area contributed by atoms with Gasteiger partial charge < -0.3 is 26.6 Å². The molecule has 0 aliphatic rings. The Hall–Kier alpha value is -2.16. The van der Waals surface area contributed by atoms with Gasteiger partial charge in [-0.15, -0.1) is 0 Å². The van der Waals surface area contributed by atoms with Crippen LogP contribution in [-0.4, -0.2) is 52.6 Å². The molecule has 0 saturated carbocycles. The smallest absolute Gasteiger partial charge is 0.326 e. The van der Waals surface area contributed by atoms with Crippen molar-refractivity contribution in [1.82, 2.24) is 10.6 Å². The minimum absolute atomic E-state index is 0.00930. The maximum absolute atomic E-state index is 12.1. The first-order valence-corrected chi connectivity index (χ1v) is 14.0. The molecule has 0 aromatic heterocycles. The van der Waals surface area contributed by atoms with E-state index in [4.69, 9.17) is 10.8 Å². The fourth-order valence-corrected chi connectivity index (χ4v) is 4.03. The second kappa shape index (κ2) is 23.3. The minimum atomic E-state index is -1.15. The van der Waals surface area contributed by atoms with Gasteiger partial charge in [-0.1, -0.05) is 84.0 Å². The summed E-state index contributed by atoms with van der Waals surface area (Å²) in [5, 5.41) is 23.3. The Labute approximate surface area is 217 Å². The number of hydrogen-bond acceptors (Lipinski definition) is 5. The molecule has 0 aliphatic carbocycles. The van der Waals surface area contributed by atoms with Gasteiger partial charge in [0.05, 0.1) is 0 Å². The van der Waals surface area contributed by atoms with Gasteiger partial charge in [0, 0.05) is 19.4 Å². The van der Waals surface area contributed by atoms with Gasteiger partial charge >= 0.3 is 11.9 Å². The van der Waals surface area contributed by atoms with Gasteiger partial charge in [-0.3, -0.25) is 14.4 Å². The molecule has 0 bridgehead atoms. The summed E-state index contributed by atoms with van der Waals surface area (Å²) in [7, 11) is 0. The van der Waals surface area contributed by atoms with E-state index in [0.29, 0.717) is 32.2 Å². The molecule has 6 N–H and O–H groups in total. The number of carbonyl (C=O) groups excluding carboxylic acids is 2. The Morgan fingerprint density at radius 1 is 0.639 bits per heavy atom. The Kier molecular flexibility index (Phi) is 21.9. The molecule has 0 aromatic rings. The van der Waals surface area contributed by atoms with Crippen LogP contribution in [0.1, 0.15) is 129 Å². The lowest BCUT2D eigenvalue weighted by molar-refractivity contribution is -0.142. The summed E-state index contributed by atoms with van der Waals surface area (Å²) in [5.74, 6) is -2.78. The average molecular weight is 514 g/mol. The van der Waals surface area contributed by atoms with Crippen LogP contribution in [0.5, 0.6) is 0 Å². The number of nitrogens with one attached hydrogen (secondary N) is 2. The van der Waals surface area contributed by atoms with Gasteiger partial charge in [0.1, 0.15) is 12.1 Å². The number of aliphatic carboxylic acids is 2. The maximum Gasteiger partial charge on any atom is 0.326 e. The lowest BCUT2D eigenvalue weighted by Crippen LogP contribution is -2.41. The number of unbranched alkanes of at least 4 members (excludes halogenated alkanes) is 13. The summed E-state index contributed by atoms with van der Waals surface area (Å²) in [6.45, 7) is 2.61. The van der Waals surface area contributed by atoms with Crippen molar-refractivity contribution in [2.45, 2.75) is 141 Å². The third-order valence-electron chi connectivity index (χ3n) is 6.38. The van der Waals surface area contributed by atoms with Crippen molar-refractivity contribution >= 4 is 23.8 Å². The second-order valence-corrected chi connectivity index (χ2v) is 9.78. The van der Waals surface area contributed by atoms with Gasteiger partial charge in [-0.25, -0.2) is 4.79 Å². The molecule has 0 radical (unpaired) electrons. The summed E-state index contributed by atoms with van der Waals surface area (Å²) in [4.78, 5) is 46.2. The number of carbonyl (C=O) groups is 4. The zero-order valence-corrected chi connectivity index (χ0v) is 22.4. The van der Waals surface area contributed by atoms with Crippen molar-refractivity contribution in [3.05, 3.63) is 0 Å². The van der Waals surface area contributed by atoms with Crippen molar-refractivity contribution in [1.29, 1.82) is 0 Å². The Morgan fingerprint density at radius 2 is 1.17 bits per heavy atom. The third-order valence-corrected chi connectivity index (χ3v) is 6.38. The molecule has 0 aromatic carbocycles. The summed E-state index contributed by atoms with van der Waals surface area (Å²) < 4.78 is 0. The number of amides is 2. The Bertz CT molecular complexity index is 614. The van der Waals surface area contributed by atoms with Crippen molar-refractivity contribution in [3.8, 4) is 0 Å². The van der Waals surface area contributed by atoms with Crippen molar-refractivity contribution in [2.24, 2.45) is 5.73 Å². The van der Waals surface area contributed by atoms with E-state index in [0.717, 1.165) is 19.3 Å². The molecule has 0 rings (SSSR count). The minimum Gasteiger partial charge on any atom is -0.480 e. The molecule has 0 aliphatic heterocycles. The van der Waals surface area contributed by atoms with Crippen LogP contribution in [-0.2, 0) is 19.2 Å². The standard InChI is InChI=1S/C27H51N3O6/c1-2-3-4-5-6-7-8-9-10-11-12-13-14-18-25(32)30-23(27(35)36)19-20-24(31)29-21-16-15-17-22(28)26(33)34/h22-23H,2-21,28H2,1H3,(H,29,31)(H,30,32)(H,33,34)(H,35,36). The molecule has 36 heavy (non-hydrogen) atoms. The van der Waals surface area contributed by atoms with E-state index in [1.807, 2.05) is 0 Å². The molecule has 9 nitrogen and oxygen atoms in total. The van der Waals surface area contributed by atoms with Crippen LogP contribution in [0.15, 0.2) is 0 Å². The van der Waals surface area contributed by atoms with E-state index in [1.165, 1.54) is 64.2 Å².